The van der Waals surface area contributed by atoms with Gasteiger partial charge in [-0.15, -0.1) is 0 Å². The van der Waals surface area contributed by atoms with Crippen molar-refractivity contribution in [3.8, 4) is 5.75 Å². The zero-order valence-corrected chi connectivity index (χ0v) is 11.4. The van der Waals surface area contributed by atoms with Crippen molar-refractivity contribution >= 4 is 15.9 Å². The van der Waals surface area contributed by atoms with Gasteiger partial charge in [0.1, 0.15) is 12.4 Å². The lowest BCUT2D eigenvalue weighted by molar-refractivity contribution is 0.312. The van der Waals surface area contributed by atoms with Gasteiger partial charge in [0, 0.05) is 36.2 Å². The maximum Gasteiger partial charge on any atom is 0.138 e. The number of nitrogens with zero attached hydrogens (tertiary/aromatic N) is 2. The van der Waals surface area contributed by atoms with E-state index >= 15 is 0 Å². The molecular weight excluding hydrogens is 294 g/mol. The van der Waals surface area contributed by atoms with Crippen LogP contribution >= 0.6 is 15.9 Å². The lowest BCUT2D eigenvalue weighted by atomic mass is 10.3. The fourth-order valence-corrected chi connectivity index (χ4v) is 1.79. The van der Waals surface area contributed by atoms with E-state index in [9.17, 15) is 0 Å². The molecule has 0 spiro atoms. The third-order valence-electron chi connectivity index (χ3n) is 2.28. The minimum absolute atomic E-state index is 0.610. The maximum absolute atomic E-state index is 5.55. The Balaban J connectivity index is 1.65. The number of aromatic nitrogens is 2. The second kappa shape index (κ2) is 7.08. The molecule has 0 radical (unpaired) electrons. The van der Waals surface area contributed by atoms with Gasteiger partial charge in [-0.3, -0.25) is 9.97 Å². The van der Waals surface area contributed by atoms with Gasteiger partial charge in [0.05, 0.1) is 6.20 Å². The molecule has 0 saturated carbocycles. The summed E-state index contributed by atoms with van der Waals surface area (Å²) in [5.74, 6) is 0.771. The van der Waals surface area contributed by atoms with Gasteiger partial charge in [0.15, 0.2) is 0 Å². The zero-order chi connectivity index (χ0) is 12.6. The minimum Gasteiger partial charge on any atom is -0.491 e. The molecule has 0 aliphatic carbocycles. The topological polar surface area (TPSA) is 47.0 Å². The van der Waals surface area contributed by atoms with Crippen LogP contribution in [0, 0.1) is 0 Å². The highest BCUT2D eigenvalue weighted by Crippen LogP contribution is 2.15. The average Bonchev–Trinajstić information content (AvgIpc) is 2.40. The lowest BCUT2D eigenvalue weighted by Gasteiger charge is -2.07. The van der Waals surface area contributed by atoms with Crippen molar-refractivity contribution in [1.29, 1.82) is 0 Å². The van der Waals surface area contributed by atoms with Crippen LogP contribution in [0.15, 0.2) is 47.5 Å². The van der Waals surface area contributed by atoms with Gasteiger partial charge in [0.2, 0.25) is 0 Å². The highest BCUT2D eigenvalue weighted by Gasteiger charge is 1.96. The predicted molar refractivity (Wildman–Crippen MR) is 73.4 cm³/mol. The van der Waals surface area contributed by atoms with Crippen molar-refractivity contribution in [3.63, 3.8) is 0 Å². The summed E-state index contributed by atoms with van der Waals surface area (Å²) in [6, 6.07) is 5.87. The Kier molecular flexibility index (Phi) is 5.11. The molecule has 0 atom stereocenters. The van der Waals surface area contributed by atoms with E-state index < -0.39 is 0 Å². The van der Waals surface area contributed by atoms with Gasteiger partial charge >= 0.3 is 0 Å². The first-order valence-electron chi connectivity index (χ1n) is 5.67. The molecule has 0 saturated heterocycles. The molecule has 4 nitrogen and oxygen atoms in total. The van der Waals surface area contributed by atoms with Crippen LogP contribution in [0.25, 0.3) is 0 Å². The van der Waals surface area contributed by atoms with Gasteiger partial charge < -0.3 is 10.1 Å². The van der Waals surface area contributed by atoms with Crippen LogP contribution in [0.1, 0.15) is 5.56 Å². The predicted octanol–water partition coefficient (Wildman–Crippen LogP) is 2.41. The second-order valence-electron chi connectivity index (χ2n) is 3.73. The van der Waals surface area contributed by atoms with E-state index in [4.69, 9.17) is 4.74 Å². The number of hydrogen-bond acceptors (Lipinski definition) is 4. The molecule has 2 heterocycles. The first-order valence-corrected chi connectivity index (χ1v) is 6.47. The Morgan fingerprint density at radius 1 is 1.22 bits per heavy atom. The van der Waals surface area contributed by atoms with Crippen molar-refractivity contribution in [3.05, 3.63) is 53.0 Å². The van der Waals surface area contributed by atoms with Crippen LogP contribution in [0.3, 0.4) is 0 Å². The van der Waals surface area contributed by atoms with Crippen LogP contribution in [0.2, 0.25) is 0 Å². The molecule has 0 unspecified atom stereocenters. The molecule has 0 bridgehead atoms. The van der Waals surface area contributed by atoms with E-state index in [1.807, 2.05) is 24.4 Å². The van der Waals surface area contributed by atoms with Gasteiger partial charge in [-0.1, -0.05) is 6.07 Å². The number of rotatable bonds is 6. The molecule has 0 aliphatic rings. The molecule has 0 fully saturated rings. The molecule has 1 N–H and O–H groups in total. The Hall–Kier alpha value is -1.46. The average molecular weight is 308 g/mol. The van der Waals surface area contributed by atoms with Gasteiger partial charge in [0.25, 0.3) is 0 Å². The number of pyridine rings is 2. The Labute approximate surface area is 115 Å². The van der Waals surface area contributed by atoms with Crippen molar-refractivity contribution in [1.82, 2.24) is 15.3 Å². The summed E-state index contributed by atoms with van der Waals surface area (Å²) in [4.78, 5) is 8.09. The third-order valence-corrected chi connectivity index (χ3v) is 2.71. The number of hydrogen-bond donors (Lipinski definition) is 1. The summed E-state index contributed by atoms with van der Waals surface area (Å²) in [5.41, 5.74) is 1.17. The zero-order valence-electron chi connectivity index (χ0n) is 9.84. The Morgan fingerprint density at radius 3 is 2.94 bits per heavy atom. The molecule has 2 aromatic heterocycles. The van der Waals surface area contributed by atoms with E-state index in [1.54, 1.807) is 18.6 Å². The molecular formula is C13H14BrN3O. The highest BCUT2D eigenvalue weighted by molar-refractivity contribution is 9.10. The number of nitrogens with one attached hydrogen (secondary N) is 1. The number of ether oxygens (including phenoxy) is 1. The minimum atomic E-state index is 0.610. The number of halogens is 1. The monoisotopic (exact) mass is 307 g/mol. The van der Waals surface area contributed by atoms with Crippen LogP contribution in [0.4, 0.5) is 0 Å². The van der Waals surface area contributed by atoms with E-state index in [-0.39, 0.29) is 0 Å². The van der Waals surface area contributed by atoms with Crippen LogP contribution in [0.5, 0.6) is 5.75 Å². The van der Waals surface area contributed by atoms with Crippen LogP contribution in [-0.2, 0) is 6.54 Å². The highest BCUT2D eigenvalue weighted by atomic mass is 79.9. The molecule has 0 amide bonds. The van der Waals surface area contributed by atoms with E-state index in [0.29, 0.717) is 6.61 Å². The molecule has 2 rings (SSSR count). The van der Waals surface area contributed by atoms with Crippen molar-refractivity contribution in [2.45, 2.75) is 6.54 Å². The molecule has 0 aliphatic heterocycles. The molecule has 5 heteroatoms. The summed E-state index contributed by atoms with van der Waals surface area (Å²) in [5, 5.41) is 3.29. The SMILES string of the molecule is Brc1cncc(OCCNCc2cccnc2)c1. The van der Waals surface area contributed by atoms with E-state index in [0.717, 1.165) is 23.3 Å². The van der Waals surface area contributed by atoms with E-state index in [1.165, 1.54) is 5.56 Å². The molecule has 2 aromatic rings. The van der Waals surface area contributed by atoms with E-state index in [2.05, 4.69) is 31.2 Å². The fraction of sp³-hybridized carbons (Fsp3) is 0.231. The summed E-state index contributed by atoms with van der Waals surface area (Å²) >= 11 is 3.35. The standard InChI is InChI=1S/C13H14BrN3O/c14-12-6-13(10-17-9-12)18-5-4-16-8-11-2-1-3-15-7-11/h1-3,6-7,9-10,16H,4-5,8H2. The first-order chi connectivity index (χ1) is 8.84. The summed E-state index contributed by atoms with van der Waals surface area (Å²) in [7, 11) is 0. The normalized spacial score (nSPS) is 10.3. The Bertz CT molecular complexity index is 479. The van der Waals surface area contributed by atoms with Gasteiger partial charge in [-0.25, -0.2) is 0 Å². The van der Waals surface area contributed by atoms with Crippen molar-refractivity contribution < 1.29 is 4.74 Å². The third kappa shape index (κ3) is 4.43. The van der Waals surface area contributed by atoms with Gasteiger partial charge in [-0.2, -0.15) is 0 Å². The van der Waals surface area contributed by atoms with Gasteiger partial charge in [-0.05, 0) is 33.6 Å². The first kappa shape index (κ1) is 13.0. The summed E-state index contributed by atoms with van der Waals surface area (Å²) < 4.78 is 6.47. The maximum atomic E-state index is 5.55. The molecule has 18 heavy (non-hydrogen) atoms. The van der Waals surface area contributed by atoms with Crippen LogP contribution < -0.4 is 10.1 Å². The van der Waals surface area contributed by atoms with Crippen molar-refractivity contribution in [2.75, 3.05) is 13.2 Å². The summed E-state index contributed by atoms with van der Waals surface area (Å²) in [6.07, 6.45) is 7.05. The summed E-state index contributed by atoms with van der Waals surface area (Å²) in [6.45, 7) is 2.19. The largest absolute Gasteiger partial charge is 0.491 e. The Morgan fingerprint density at radius 2 is 2.17 bits per heavy atom. The van der Waals surface area contributed by atoms with Crippen molar-refractivity contribution in [2.24, 2.45) is 0 Å². The second-order valence-corrected chi connectivity index (χ2v) is 4.64. The fourth-order valence-electron chi connectivity index (χ4n) is 1.45. The smallest absolute Gasteiger partial charge is 0.138 e. The molecule has 0 aromatic carbocycles. The van der Waals surface area contributed by atoms with Crippen LogP contribution in [-0.4, -0.2) is 23.1 Å². The quantitative estimate of drug-likeness (QED) is 0.833. The molecule has 94 valence electrons. The lowest BCUT2D eigenvalue weighted by Crippen LogP contribution is -2.20.